The fourth-order valence-corrected chi connectivity index (χ4v) is 4.81. The van der Waals surface area contributed by atoms with Gasteiger partial charge in [-0.1, -0.05) is 6.07 Å². The minimum atomic E-state index is -3.76. The first-order valence-corrected chi connectivity index (χ1v) is 10.8. The van der Waals surface area contributed by atoms with Crippen molar-refractivity contribution in [3.63, 3.8) is 0 Å². The van der Waals surface area contributed by atoms with Crippen molar-refractivity contribution in [2.24, 2.45) is 0 Å². The Labute approximate surface area is 171 Å². The van der Waals surface area contributed by atoms with E-state index in [9.17, 15) is 9.67 Å². The van der Waals surface area contributed by atoms with E-state index in [4.69, 9.17) is 18.5 Å². The van der Waals surface area contributed by atoms with E-state index in [1.165, 1.54) is 14.2 Å². The Hall–Kier alpha value is -2.34. The number of hydrogen-bond acceptors (Lipinski definition) is 7. The first-order chi connectivity index (χ1) is 13.7. The number of pyridine rings is 1. The Morgan fingerprint density at radius 2 is 1.62 bits per heavy atom. The number of ether oxygens (including phenoxy) is 2. The van der Waals surface area contributed by atoms with Crippen molar-refractivity contribution < 1.29 is 28.2 Å². The zero-order valence-corrected chi connectivity index (χ0v) is 18.5. The number of hydrogen-bond donors (Lipinski definition) is 1. The van der Waals surface area contributed by atoms with E-state index >= 15 is 0 Å². The first kappa shape index (κ1) is 22.9. The highest BCUT2D eigenvalue weighted by Gasteiger charge is 2.35. The zero-order chi connectivity index (χ0) is 21.6. The van der Waals surface area contributed by atoms with Crippen LogP contribution in [-0.2, 0) is 13.6 Å². The number of rotatable bonds is 9. The van der Waals surface area contributed by atoms with Crippen molar-refractivity contribution >= 4 is 19.0 Å². The van der Waals surface area contributed by atoms with E-state index in [1.807, 2.05) is 6.07 Å². The maximum atomic E-state index is 13.9. The van der Waals surface area contributed by atoms with Gasteiger partial charge >= 0.3 is 7.60 Å². The van der Waals surface area contributed by atoms with Crippen LogP contribution in [0.25, 0.3) is 11.4 Å². The second-order valence-corrected chi connectivity index (χ2v) is 8.75. The fraction of sp³-hybridized carbons (Fsp3) is 0.381. The largest absolute Gasteiger partial charge is 0.502 e. The second-order valence-electron chi connectivity index (χ2n) is 6.85. The molecule has 0 aliphatic carbocycles. The van der Waals surface area contributed by atoms with E-state index in [1.54, 1.807) is 64.4 Å². The fourth-order valence-electron chi connectivity index (χ4n) is 2.67. The summed E-state index contributed by atoms with van der Waals surface area (Å²) in [6.45, 7) is 7.15. The van der Waals surface area contributed by atoms with Crippen LogP contribution in [0.3, 0.4) is 0 Å². The van der Waals surface area contributed by atoms with Crippen LogP contribution >= 0.6 is 7.60 Å². The van der Waals surface area contributed by atoms with Gasteiger partial charge in [0, 0.05) is 12.4 Å². The van der Waals surface area contributed by atoms with Crippen molar-refractivity contribution in [1.82, 2.24) is 4.98 Å². The van der Waals surface area contributed by atoms with Crippen molar-refractivity contribution in [1.29, 1.82) is 0 Å². The van der Waals surface area contributed by atoms with Gasteiger partial charge in [-0.05, 0) is 63.1 Å². The highest BCUT2D eigenvalue weighted by Crippen LogP contribution is 2.63. The molecule has 0 amide bonds. The van der Waals surface area contributed by atoms with Crippen LogP contribution in [0.1, 0.15) is 38.8 Å². The maximum Gasteiger partial charge on any atom is 0.362 e. The summed E-state index contributed by atoms with van der Waals surface area (Å²) >= 11 is 0. The predicted octanol–water partition coefficient (Wildman–Crippen LogP) is 5.35. The number of phenolic OH excluding ortho intramolecular Hbond substituents is 1. The van der Waals surface area contributed by atoms with Crippen molar-refractivity contribution in [2.45, 2.75) is 39.9 Å². The number of benzene rings is 1. The Bertz CT molecular complexity index is 856. The van der Waals surface area contributed by atoms with Gasteiger partial charge in [-0.15, -0.1) is 0 Å². The summed E-state index contributed by atoms with van der Waals surface area (Å²) in [5, 5.41) is 10.6. The van der Waals surface area contributed by atoms with Crippen molar-refractivity contribution in [3.8, 4) is 17.2 Å². The summed E-state index contributed by atoms with van der Waals surface area (Å²) in [6, 6.07) is 6.75. The highest BCUT2D eigenvalue weighted by atomic mass is 31.2. The van der Waals surface area contributed by atoms with Gasteiger partial charge in [0.2, 0.25) is 5.75 Å². The monoisotopic (exact) mass is 421 g/mol. The predicted molar refractivity (Wildman–Crippen MR) is 113 cm³/mol. The smallest absolute Gasteiger partial charge is 0.362 e. The van der Waals surface area contributed by atoms with E-state index < -0.39 is 7.60 Å². The molecule has 1 aromatic carbocycles. The second kappa shape index (κ2) is 9.92. The van der Waals surface area contributed by atoms with Crippen LogP contribution in [0.2, 0.25) is 0 Å². The molecule has 158 valence electrons. The van der Waals surface area contributed by atoms with Crippen LogP contribution in [0.4, 0.5) is 0 Å². The molecule has 29 heavy (non-hydrogen) atoms. The topological polar surface area (TPSA) is 87.1 Å². The van der Waals surface area contributed by atoms with Crippen LogP contribution in [-0.4, -0.2) is 36.5 Å². The molecule has 0 atom stereocenters. The third kappa shape index (κ3) is 5.82. The third-order valence-corrected chi connectivity index (χ3v) is 6.13. The molecule has 1 N–H and O–H groups in total. The van der Waals surface area contributed by atoms with Crippen molar-refractivity contribution in [3.05, 3.63) is 47.8 Å². The molecular weight excluding hydrogens is 393 g/mol. The van der Waals surface area contributed by atoms with Crippen LogP contribution in [0.15, 0.2) is 36.7 Å². The summed E-state index contributed by atoms with van der Waals surface area (Å²) in [5.74, 6) is 0.207. The SMILES string of the molecule is COc1cc(C(=Cc2cccnc2)P(=O)(OC(C)C)OC(C)C)cc(OC)c1O. The lowest BCUT2D eigenvalue weighted by atomic mass is 10.1. The Balaban J connectivity index is 2.78. The van der Waals surface area contributed by atoms with Gasteiger partial charge in [0.1, 0.15) is 0 Å². The number of phenols is 1. The minimum Gasteiger partial charge on any atom is -0.502 e. The Morgan fingerprint density at radius 3 is 2.03 bits per heavy atom. The van der Waals surface area contributed by atoms with Gasteiger partial charge < -0.3 is 23.6 Å². The van der Waals surface area contributed by atoms with Crippen LogP contribution < -0.4 is 9.47 Å². The quantitative estimate of drug-likeness (QED) is 0.547. The van der Waals surface area contributed by atoms with Gasteiger partial charge in [-0.3, -0.25) is 9.55 Å². The molecule has 0 aliphatic rings. The molecule has 0 saturated heterocycles. The molecule has 2 aromatic rings. The molecule has 0 saturated carbocycles. The highest BCUT2D eigenvalue weighted by molar-refractivity contribution is 7.65. The number of methoxy groups -OCH3 is 2. The summed E-state index contributed by atoms with van der Waals surface area (Å²) in [4.78, 5) is 4.11. The average Bonchev–Trinajstić information content (AvgIpc) is 2.66. The number of aromatic nitrogens is 1. The molecule has 0 unspecified atom stereocenters. The molecule has 0 fully saturated rings. The van der Waals surface area contributed by atoms with Crippen LogP contribution in [0.5, 0.6) is 17.2 Å². The van der Waals surface area contributed by atoms with Gasteiger partial charge in [-0.25, -0.2) is 0 Å². The Morgan fingerprint density at radius 1 is 1.07 bits per heavy atom. The van der Waals surface area contributed by atoms with E-state index in [2.05, 4.69) is 4.98 Å². The summed E-state index contributed by atoms with van der Waals surface area (Å²) < 4.78 is 36.1. The molecule has 8 heteroatoms. The number of aromatic hydroxyl groups is 1. The molecule has 0 radical (unpaired) electrons. The van der Waals surface area contributed by atoms with Crippen molar-refractivity contribution in [2.75, 3.05) is 14.2 Å². The normalized spacial score (nSPS) is 12.5. The lowest BCUT2D eigenvalue weighted by Crippen LogP contribution is -2.09. The molecule has 7 nitrogen and oxygen atoms in total. The molecule has 1 heterocycles. The third-order valence-electron chi connectivity index (χ3n) is 3.76. The van der Waals surface area contributed by atoms with Gasteiger partial charge in [0.15, 0.2) is 11.5 Å². The molecule has 2 rings (SSSR count). The lowest BCUT2D eigenvalue weighted by Gasteiger charge is -2.26. The Kier molecular flexibility index (Phi) is 7.85. The van der Waals surface area contributed by atoms with E-state index in [0.29, 0.717) is 16.4 Å². The van der Waals surface area contributed by atoms with E-state index in [0.717, 1.165) is 0 Å². The van der Waals surface area contributed by atoms with Gasteiger partial charge in [0.25, 0.3) is 0 Å². The molecule has 1 aromatic heterocycles. The molecule has 0 bridgehead atoms. The summed E-state index contributed by atoms with van der Waals surface area (Å²) in [6.07, 6.45) is 4.29. The van der Waals surface area contributed by atoms with Crippen LogP contribution in [0, 0.1) is 0 Å². The zero-order valence-electron chi connectivity index (χ0n) is 17.6. The summed E-state index contributed by atoms with van der Waals surface area (Å²) in [5.41, 5.74) is 1.19. The standard InChI is InChI=1S/C21H28NO6P/c1-14(2)27-29(24,28-15(3)4)20(10-16-8-7-9-22-13-16)17-11-18(25-5)21(23)19(12-17)26-6/h7-15,23H,1-6H3. The maximum absolute atomic E-state index is 13.9. The van der Waals surface area contributed by atoms with Gasteiger partial charge in [0.05, 0.1) is 31.7 Å². The van der Waals surface area contributed by atoms with E-state index in [-0.39, 0.29) is 29.5 Å². The lowest BCUT2D eigenvalue weighted by molar-refractivity contribution is 0.151. The molecule has 0 spiro atoms. The summed E-state index contributed by atoms with van der Waals surface area (Å²) in [7, 11) is -0.908. The van der Waals surface area contributed by atoms with Gasteiger partial charge in [-0.2, -0.15) is 0 Å². The minimum absolute atomic E-state index is 0.149. The molecular formula is C21H28NO6P. The average molecular weight is 421 g/mol. The first-order valence-electron chi connectivity index (χ1n) is 9.24. The molecule has 0 aliphatic heterocycles. The number of nitrogens with zero attached hydrogens (tertiary/aromatic N) is 1.